The number of aromatic amines is 1. The molecule has 1 atom stereocenters. The number of benzene rings is 1. The van der Waals surface area contributed by atoms with Crippen LogP contribution in [0.2, 0.25) is 0 Å². The molecule has 20 heavy (non-hydrogen) atoms. The van der Waals surface area contributed by atoms with E-state index in [1.54, 1.807) is 6.07 Å². The molecule has 1 aromatic heterocycles. The predicted octanol–water partition coefficient (Wildman–Crippen LogP) is 2.71. The molecule has 1 aromatic carbocycles. The fraction of sp³-hybridized carbons (Fsp3) is 0.286. The van der Waals surface area contributed by atoms with E-state index in [1.165, 1.54) is 0 Å². The van der Waals surface area contributed by atoms with Crippen LogP contribution in [0.15, 0.2) is 36.4 Å². The van der Waals surface area contributed by atoms with Gasteiger partial charge in [-0.05, 0) is 18.1 Å². The quantitative estimate of drug-likeness (QED) is 0.867. The molecule has 2 heterocycles. The lowest BCUT2D eigenvalue weighted by atomic mass is 10.1. The smallest absolute Gasteiger partial charge is 0.151 e. The Kier molecular flexibility index (Phi) is 3.43. The Hall–Kier alpha value is -1.53. The molecule has 2 aromatic rings. The normalized spacial score (nSPS) is 20.9. The zero-order valence-corrected chi connectivity index (χ0v) is 12.4. The highest BCUT2D eigenvalue weighted by Gasteiger charge is 2.30. The van der Waals surface area contributed by atoms with E-state index in [9.17, 15) is 8.42 Å². The van der Waals surface area contributed by atoms with Gasteiger partial charge in [0.05, 0.1) is 11.5 Å². The molecule has 1 fully saturated rings. The minimum absolute atomic E-state index is 0.0784. The zero-order chi connectivity index (χ0) is 14.2. The van der Waals surface area contributed by atoms with Crippen molar-refractivity contribution in [1.29, 1.82) is 0 Å². The van der Waals surface area contributed by atoms with Gasteiger partial charge in [-0.3, -0.25) is 0 Å². The van der Waals surface area contributed by atoms with Crippen molar-refractivity contribution in [2.45, 2.75) is 12.3 Å². The molecule has 6 heteroatoms. The first-order chi connectivity index (χ1) is 9.53. The Bertz CT molecular complexity index is 782. The van der Waals surface area contributed by atoms with Crippen molar-refractivity contribution in [1.82, 2.24) is 9.97 Å². The number of H-pyrrole nitrogens is 1. The lowest BCUT2D eigenvalue weighted by Crippen LogP contribution is -2.08. The molecular weight excluding hydrogens is 292 g/mol. The van der Waals surface area contributed by atoms with E-state index in [2.05, 4.69) is 9.97 Å². The van der Waals surface area contributed by atoms with E-state index >= 15 is 0 Å². The third kappa shape index (κ3) is 2.81. The lowest BCUT2D eigenvalue weighted by molar-refractivity contribution is 0.601. The summed E-state index contributed by atoms with van der Waals surface area (Å²) in [5.41, 5.74) is 1.90. The predicted molar refractivity (Wildman–Crippen MR) is 80.9 cm³/mol. The second-order valence-corrected chi connectivity index (χ2v) is 7.63. The molecule has 0 bridgehead atoms. The van der Waals surface area contributed by atoms with Gasteiger partial charge in [0.2, 0.25) is 0 Å². The first kappa shape index (κ1) is 13.5. The van der Waals surface area contributed by atoms with E-state index in [0.29, 0.717) is 16.9 Å². The van der Waals surface area contributed by atoms with E-state index in [4.69, 9.17) is 12.2 Å². The Balaban J connectivity index is 2.02. The Labute approximate surface area is 122 Å². The van der Waals surface area contributed by atoms with Gasteiger partial charge in [-0.25, -0.2) is 13.4 Å². The van der Waals surface area contributed by atoms with E-state index in [1.807, 2.05) is 30.3 Å². The maximum Gasteiger partial charge on any atom is 0.151 e. The van der Waals surface area contributed by atoms with Crippen LogP contribution in [0.3, 0.4) is 0 Å². The summed E-state index contributed by atoms with van der Waals surface area (Å²) in [5.74, 6) is 0.988. The second kappa shape index (κ2) is 5.10. The number of nitrogens with zero attached hydrogens (tertiary/aromatic N) is 1. The summed E-state index contributed by atoms with van der Waals surface area (Å²) in [6, 6.07) is 11.6. The minimum Gasteiger partial charge on any atom is -0.343 e. The Morgan fingerprint density at radius 2 is 2.00 bits per heavy atom. The van der Waals surface area contributed by atoms with Crippen LogP contribution >= 0.6 is 12.2 Å². The van der Waals surface area contributed by atoms with Crippen molar-refractivity contribution in [3.63, 3.8) is 0 Å². The molecule has 1 N–H and O–H groups in total. The van der Waals surface area contributed by atoms with Gasteiger partial charge in [-0.1, -0.05) is 42.5 Å². The summed E-state index contributed by atoms with van der Waals surface area (Å²) in [6.07, 6.45) is 0.610. The standard InChI is InChI=1S/C14H14N2O2S2/c17-20(18)7-6-11(9-20)14-15-12(8-13(19)16-14)10-4-2-1-3-5-10/h1-5,8,11H,6-7,9H2,(H,15,16,19). The third-order valence-electron chi connectivity index (χ3n) is 3.47. The fourth-order valence-corrected chi connectivity index (χ4v) is 4.42. The topological polar surface area (TPSA) is 62.8 Å². The third-order valence-corrected chi connectivity index (χ3v) is 5.44. The van der Waals surface area contributed by atoms with Crippen LogP contribution in [0.1, 0.15) is 18.2 Å². The molecule has 0 saturated carbocycles. The van der Waals surface area contributed by atoms with Crippen LogP contribution in [0, 0.1) is 4.64 Å². The number of aromatic nitrogens is 2. The molecule has 0 aliphatic carbocycles. The molecule has 0 amide bonds. The molecule has 1 aliphatic rings. The second-order valence-electron chi connectivity index (χ2n) is 4.98. The molecule has 0 radical (unpaired) electrons. The van der Waals surface area contributed by atoms with Gasteiger partial charge in [0, 0.05) is 11.6 Å². The van der Waals surface area contributed by atoms with Crippen molar-refractivity contribution < 1.29 is 8.42 Å². The van der Waals surface area contributed by atoms with Gasteiger partial charge in [-0.2, -0.15) is 0 Å². The molecule has 4 nitrogen and oxygen atoms in total. The molecule has 104 valence electrons. The van der Waals surface area contributed by atoms with Crippen LogP contribution < -0.4 is 0 Å². The van der Waals surface area contributed by atoms with Crippen molar-refractivity contribution >= 4 is 22.1 Å². The molecule has 1 saturated heterocycles. The monoisotopic (exact) mass is 306 g/mol. The van der Waals surface area contributed by atoms with Crippen molar-refractivity contribution in [2.75, 3.05) is 11.5 Å². The SMILES string of the molecule is O=S1(=O)CCC(c2nc(=S)cc(-c3ccccc3)[nH]2)C1. The molecule has 1 aliphatic heterocycles. The average Bonchev–Trinajstić information content (AvgIpc) is 2.79. The first-order valence-corrected chi connectivity index (χ1v) is 8.63. The zero-order valence-electron chi connectivity index (χ0n) is 10.7. The van der Waals surface area contributed by atoms with Gasteiger partial charge in [-0.15, -0.1) is 0 Å². The van der Waals surface area contributed by atoms with Crippen LogP contribution in [-0.2, 0) is 9.84 Å². The highest BCUT2D eigenvalue weighted by molar-refractivity contribution is 7.91. The summed E-state index contributed by atoms with van der Waals surface area (Å²) in [4.78, 5) is 7.54. The van der Waals surface area contributed by atoms with E-state index in [-0.39, 0.29) is 17.4 Å². The number of sulfone groups is 1. The summed E-state index contributed by atoms with van der Waals surface area (Å²) in [5, 5.41) is 0. The number of nitrogens with one attached hydrogen (secondary N) is 1. The van der Waals surface area contributed by atoms with Gasteiger partial charge >= 0.3 is 0 Å². The van der Waals surface area contributed by atoms with Gasteiger partial charge in [0.1, 0.15) is 10.5 Å². The molecule has 3 rings (SSSR count). The largest absolute Gasteiger partial charge is 0.343 e. The minimum atomic E-state index is -2.93. The number of hydrogen-bond donors (Lipinski definition) is 1. The molecular formula is C14H14N2O2S2. The number of hydrogen-bond acceptors (Lipinski definition) is 4. The Morgan fingerprint density at radius 1 is 1.25 bits per heavy atom. The van der Waals surface area contributed by atoms with Crippen LogP contribution in [-0.4, -0.2) is 29.9 Å². The van der Waals surface area contributed by atoms with Crippen molar-refractivity contribution in [2.24, 2.45) is 0 Å². The maximum atomic E-state index is 11.6. The molecule has 1 unspecified atom stereocenters. The summed E-state index contributed by atoms with van der Waals surface area (Å²) in [6.45, 7) is 0. The van der Waals surface area contributed by atoms with Gasteiger partial charge in [0.25, 0.3) is 0 Å². The van der Waals surface area contributed by atoms with E-state index in [0.717, 1.165) is 11.3 Å². The molecule has 0 spiro atoms. The first-order valence-electron chi connectivity index (χ1n) is 6.41. The van der Waals surface area contributed by atoms with Crippen molar-refractivity contribution in [3.8, 4) is 11.3 Å². The fourth-order valence-electron chi connectivity index (χ4n) is 2.45. The van der Waals surface area contributed by atoms with Crippen LogP contribution in [0.4, 0.5) is 0 Å². The van der Waals surface area contributed by atoms with Crippen LogP contribution in [0.5, 0.6) is 0 Å². The highest BCUT2D eigenvalue weighted by atomic mass is 32.2. The number of rotatable bonds is 2. The van der Waals surface area contributed by atoms with E-state index < -0.39 is 9.84 Å². The van der Waals surface area contributed by atoms with Gasteiger partial charge < -0.3 is 4.98 Å². The summed E-state index contributed by atoms with van der Waals surface area (Å²) < 4.78 is 23.7. The lowest BCUT2D eigenvalue weighted by Gasteiger charge is -2.10. The van der Waals surface area contributed by atoms with Gasteiger partial charge in [0.15, 0.2) is 9.84 Å². The highest BCUT2D eigenvalue weighted by Crippen LogP contribution is 2.28. The summed E-state index contributed by atoms with van der Waals surface area (Å²) >= 11 is 5.20. The summed E-state index contributed by atoms with van der Waals surface area (Å²) in [7, 11) is -2.93. The van der Waals surface area contributed by atoms with Crippen molar-refractivity contribution in [3.05, 3.63) is 46.9 Å². The average molecular weight is 306 g/mol. The maximum absolute atomic E-state index is 11.6. The Morgan fingerprint density at radius 3 is 2.65 bits per heavy atom. The van der Waals surface area contributed by atoms with Crippen LogP contribution in [0.25, 0.3) is 11.3 Å².